The maximum atomic E-state index is 10.2. The number of aliphatic hydroxyl groups is 1. The smallest absolute Gasteiger partial charge is 0.0774 e. The Hall–Kier alpha value is -0.160. The van der Waals surface area contributed by atoms with Gasteiger partial charge in [-0.3, -0.25) is 0 Å². The van der Waals surface area contributed by atoms with Gasteiger partial charge in [-0.2, -0.15) is 0 Å². The molecule has 1 N–H and O–H groups in total. The maximum Gasteiger partial charge on any atom is 0.0774 e. The molecule has 1 saturated carbocycles. The maximum absolute atomic E-state index is 10.2. The Kier molecular flexibility index (Phi) is 7.04. The molecule has 4 heteroatoms. The zero-order chi connectivity index (χ0) is 12.6. The molecule has 1 fully saturated rings. The molecule has 1 aliphatic carbocycles. The van der Waals surface area contributed by atoms with Gasteiger partial charge in [0, 0.05) is 26.8 Å². The third kappa shape index (κ3) is 6.36. The predicted octanol–water partition coefficient (Wildman–Crippen LogP) is 1.28. The second kappa shape index (κ2) is 8.03. The Morgan fingerprint density at radius 1 is 1.18 bits per heavy atom. The second-order valence-corrected chi connectivity index (χ2v) is 5.13. The summed E-state index contributed by atoms with van der Waals surface area (Å²) < 4.78 is 10.3. The highest BCUT2D eigenvalue weighted by atomic mass is 16.5. The van der Waals surface area contributed by atoms with Crippen LogP contribution in [0.25, 0.3) is 0 Å². The van der Waals surface area contributed by atoms with Gasteiger partial charge in [-0.1, -0.05) is 12.8 Å². The van der Waals surface area contributed by atoms with Crippen LogP contribution in [0.3, 0.4) is 0 Å². The number of hydrogen-bond donors (Lipinski definition) is 1. The molecule has 0 atom stereocenters. The molecule has 0 spiro atoms. The summed E-state index contributed by atoms with van der Waals surface area (Å²) in [7, 11) is 3.75. The minimum absolute atomic E-state index is 0.425. The topological polar surface area (TPSA) is 41.9 Å². The van der Waals surface area contributed by atoms with Crippen LogP contribution in [0, 0.1) is 0 Å². The van der Waals surface area contributed by atoms with E-state index < -0.39 is 5.60 Å². The average Bonchev–Trinajstić information content (AvgIpc) is 2.70. The van der Waals surface area contributed by atoms with Gasteiger partial charge < -0.3 is 19.5 Å². The van der Waals surface area contributed by atoms with Crippen LogP contribution in [-0.4, -0.2) is 62.7 Å². The van der Waals surface area contributed by atoms with E-state index in [-0.39, 0.29) is 0 Å². The molecule has 102 valence electrons. The summed E-state index contributed by atoms with van der Waals surface area (Å²) in [6.07, 6.45) is 5.27. The van der Waals surface area contributed by atoms with E-state index in [9.17, 15) is 5.11 Å². The van der Waals surface area contributed by atoms with E-state index in [1.54, 1.807) is 7.11 Å². The Balaban J connectivity index is 1.99. The van der Waals surface area contributed by atoms with Crippen LogP contribution >= 0.6 is 0 Å². The highest BCUT2D eigenvalue weighted by Gasteiger charge is 2.31. The average molecular weight is 245 g/mol. The molecule has 0 aromatic carbocycles. The monoisotopic (exact) mass is 245 g/mol. The normalized spacial score (nSPS) is 19.1. The van der Waals surface area contributed by atoms with E-state index in [0.717, 1.165) is 39.0 Å². The van der Waals surface area contributed by atoms with E-state index in [4.69, 9.17) is 9.47 Å². The molecule has 0 aliphatic heterocycles. The van der Waals surface area contributed by atoms with Crippen LogP contribution in [0.4, 0.5) is 0 Å². The van der Waals surface area contributed by atoms with Crippen molar-refractivity contribution < 1.29 is 14.6 Å². The minimum Gasteiger partial charge on any atom is -0.389 e. The van der Waals surface area contributed by atoms with Gasteiger partial charge in [0.1, 0.15) is 0 Å². The Bertz CT molecular complexity index is 193. The van der Waals surface area contributed by atoms with Crippen molar-refractivity contribution in [1.29, 1.82) is 0 Å². The molecule has 0 aromatic heterocycles. The molecule has 0 radical (unpaired) electrons. The predicted molar refractivity (Wildman–Crippen MR) is 68.2 cm³/mol. The van der Waals surface area contributed by atoms with Crippen LogP contribution in [-0.2, 0) is 9.47 Å². The molecule has 0 aromatic rings. The molecule has 1 aliphatic rings. The first-order chi connectivity index (χ1) is 8.16. The zero-order valence-corrected chi connectivity index (χ0v) is 11.3. The van der Waals surface area contributed by atoms with Gasteiger partial charge in [0.15, 0.2) is 0 Å². The molecule has 1 rings (SSSR count). The van der Waals surface area contributed by atoms with Crippen LogP contribution in [0.15, 0.2) is 0 Å². The Morgan fingerprint density at radius 2 is 1.88 bits per heavy atom. The van der Waals surface area contributed by atoms with Gasteiger partial charge in [0.25, 0.3) is 0 Å². The molecule has 0 amide bonds. The van der Waals surface area contributed by atoms with Gasteiger partial charge in [-0.25, -0.2) is 0 Å². The van der Waals surface area contributed by atoms with Crippen LogP contribution in [0.5, 0.6) is 0 Å². The first-order valence-corrected chi connectivity index (χ1v) is 6.64. The van der Waals surface area contributed by atoms with E-state index in [1.807, 2.05) is 0 Å². The third-order valence-corrected chi connectivity index (χ3v) is 3.36. The summed E-state index contributed by atoms with van der Waals surface area (Å²) in [5.74, 6) is 0. The second-order valence-electron chi connectivity index (χ2n) is 5.13. The number of hydrogen-bond acceptors (Lipinski definition) is 4. The molecular formula is C13H27NO3. The lowest BCUT2D eigenvalue weighted by Gasteiger charge is -2.28. The fraction of sp³-hybridized carbons (Fsp3) is 1.00. The number of likely N-dealkylation sites (N-methyl/N-ethyl adjacent to an activating group) is 1. The number of rotatable bonds is 9. The standard InChI is InChI=1S/C13H27NO3/c1-14(8-5-9-17-11-10-16-2)12-13(15)6-3-4-7-13/h15H,3-12H2,1-2H3. The van der Waals surface area contributed by atoms with Gasteiger partial charge in [0.05, 0.1) is 18.8 Å². The molecule has 0 saturated heterocycles. The molecule has 0 bridgehead atoms. The zero-order valence-electron chi connectivity index (χ0n) is 11.3. The lowest BCUT2D eigenvalue weighted by Crippen LogP contribution is -2.39. The highest BCUT2D eigenvalue weighted by molar-refractivity contribution is 4.86. The molecule has 17 heavy (non-hydrogen) atoms. The van der Waals surface area contributed by atoms with Gasteiger partial charge >= 0.3 is 0 Å². The summed E-state index contributed by atoms with van der Waals surface area (Å²) in [6, 6.07) is 0. The van der Waals surface area contributed by atoms with Crippen molar-refractivity contribution in [3.63, 3.8) is 0 Å². The van der Waals surface area contributed by atoms with Gasteiger partial charge in [0.2, 0.25) is 0 Å². The molecule has 4 nitrogen and oxygen atoms in total. The lowest BCUT2D eigenvalue weighted by atomic mass is 10.0. The Labute approximate surface area is 105 Å². The van der Waals surface area contributed by atoms with Crippen molar-refractivity contribution in [3.05, 3.63) is 0 Å². The molecule has 0 heterocycles. The minimum atomic E-state index is -0.425. The number of ether oxygens (including phenoxy) is 2. The van der Waals surface area contributed by atoms with E-state index >= 15 is 0 Å². The molecular weight excluding hydrogens is 218 g/mol. The SMILES string of the molecule is COCCOCCCN(C)CC1(O)CCCC1. The fourth-order valence-electron chi connectivity index (χ4n) is 2.45. The van der Waals surface area contributed by atoms with Gasteiger partial charge in [-0.05, 0) is 26.3 Å². The van der Waals surface area contributed by atoms with Crippen LogP contribution < -0.4 is 0 Å². The third-order valence-electron chi connectivity index (χ3n) is 3.36. The number of nitrogens with zero attached hydrogens (tertiary/aromatic N) is 1. The van der Waals surface area contributed by atoms with Crippen molar-refractivity contribution in [2.75, 3.05) is 47.1 Å². The van der Waals surface area contributed by atoms with Crippen molar-refractivity contribution in [3.8, 4) is 0 Å². The van der Waals surface area contributed by atoms with E-state index in [1.165, 1.54) is 12.8 Å². The molecule has 0 unspecified atom stereocenters. The van der Waals surface area contributed by atoms with Gasteiger partial charge in [-0.15, -0.1) is 0 Å². The first kappa shape index (κ1) is 14.9. The van der Waals surface area contributed by atoms with Crippen molar-refractivity contribution >= 4 is 0 Å². The Morgan fingerprint density at radius 3 is 2.53 bits per heavy atom. The fourth-order valence-corrected chi connectivity index (χ4v) is 2.45. The van der Waals surface area contributed by atoms with Crippen molar-refractivity contribution in [2.24, 2.45) is 0 Å². The van der Waals surface area contributed by atoms with Crippen LogP contribution in [0.2, 0.25) is 0 Å². The van der Waals surface area contributed by atoms with Crippen molar-refractivity contribution in [1.82, 2.24) is 4.90 Å². The lowest BCUT2D eigenvalue weighted by molar-refractivity contribution is 0.0127. The quantitative estimate of drug-likeness (QED) is 0.621. The number of methoxy groups -OCH3 is 1. The summed E-state index contributed by atoms with van der Waals surface area (Å²) in [4.78, 5) is 2.21. The van der Waals surface area contributed by atoms with Crippen LogP contribution in [0.1, 0.15) is 32.1 Å². The van der Waals surface area contributed by atoms with Crippen molar-refractivity contribution in [2.45, 2.75) is 37.7 Å². The summed E-state index contributed by atoms with van der Waals surface area (Å²) in [5, 5.41) is 10.2. The first-order valence-electron chi connectivity index (χ1n) is 6.64. The highest BCUT2D eigenvalue weighted by Crippen LogP contribution is 2.29. The van der Waals surface area contributed by atoms with E-state index in [0.29, 0.717) is 13.2 Å². The summed E-state index contributed by atoms with van der Waals surface area (Å²) in [6.45, 7) is 3.88. The van der Waals surface area contributed by atoms with E-state index in [2.05, 4.69) is 11.9 Å². The summed E-state index contributed by atoms with van der Waals surface area (Å²) in [5.41, 5.74) is -0.425. The largest absolute Gasteiger partial charge is 0.389 e. The summed E-state index contributed by atoms with van der Waals surface area (Å²) >= 11 is 0.